The topological polar surface area (TPSA) is 29.5 Å². The van der Waals surface area contributed by atoms with Crippen LogP contribution in [-0.2, 0) is 9.53 Å². The Morgan fingerprint density at radius 3 is 3.28 bits per heavy atom. The van der Waals surface area contributed by atoms with E-state index in [1.54, 1.807) is 24.5 Å². The van der Waals surface area contributed by atoms with Gasteiger partial charge >= 0.3 is 0 Å². The standard InChI is InChI=1S/C14H19NO2S/c1-17-11-12-4-2-8-15(10-12)14(16)7-6-13-5-3-9-18-13/h3,5-7,9,12H,2,4,8,10-11H2,1H3/b7-6+. The molecule has 3 nitrogen and oxygen atoms in total. The van der Waals surface area contributed by atoms with Gasteiger partial charge in [0.15, 0.2) is 0 Å². The number of methoxy groups -OCH3 is 1. The monoisotopic (exact) mass is 265 g/mol. The van der Waals surface area contributed by atoms with E-state index in [0.29, 0.717) is 5.92 Å². The molecule has 0 saturated carbocycles. The van der Waals surface area contributed by atoms with Crippen LogP contribution in [0.2, 0.25) is 0 Å². The van der Waals surface area contributed by atoms with Crippen LogP contribution < -0.4 is 0 Å². The average molecular weight is 265 g/mol. The molecule has 1 aliphatic heterocycles. The third-order valence-corrected chi connectivity index (χ3v) is 4.00. The van der Waals surface area contributed by atoms with Crippen LogP contribution in [0.4, 0.5) is 0 Å². The van der Waals surface area contributed by atoms with Gasteiger partial charge in [-0.2, -0.15) is 0 Å². The number of piperidine rings is 1. The molecule has 1 amide bonds. The fourth-order valence-corrected chi connectivity index (χ4v) is 2.90. The van der Waals surface area contributed by atoms with Crippen molar-refractivity contribution in [3.05, 3.63) is 28.5 Å². The first-order valence-electron chi connectivity index (χ1n) is 6.29. The van der Waals surface area contributed by atoms with Crippen molar-refractivity contribution in [2.45, 2.75) is 12.8 Å². The van der Waals surface area contributed by atoms with Gasteiger partial charge in [0.25, 0.3) is 0 Å². The van der Waals surface area contributed by atoms with Crippen LogP contribution in [0.3, 0.4) is 0 Å². The molecule has 1 aromatic rings. The predicted molar refractivity (Wildman–Crippen MR) is 74.5 cm³/mol. The van der Waals surface area contributed by atoms with E-state index in [0.717, 1.165) is 37.4 Å². The molecule has 1 atom stereocenters. The molecule has 0 aliphatic carbocycles. The lowest BCUT2D eigenvalue weighted by molar-refractivity contribution is -0.128. The van der Waals surface area contributed by atoms with Crippen LogP contribution in [0.1, 0.15) is 17.7 Å². The van der Waals surface area contributed by atoms with Crippen LogP contribution >= 0.6 is 11.3 Å². The van der Waals surface area contributed by atoms with Crippen LogP contribution in [0.5, 0.6) is 0 Å². The number of rotatable bonds is 4. The second kappa shape index (κ2) is 6.71. The van der Waals surface area contributed by atoms with E-state index in [2.05, 4.69) is 0 Å². The molecular weight excluding hydrogens is 246 g/mol. The summed E-state index contributed by atoms with van der Waals surface area (Å²) in [7, 11) is 1.72. The van der Waals surface area contributed by atoms with Gasteiger partial charge in [0, 0.05) is 31.2 Å². The van der Waals surface area contributed by atoms with E-state index in [1.807, 2.05) is 28.5 Å². The highest BCUT2D eigenvalue weighted by molar-refractivity contribution is 7.10. The van der Waals surface area contributed by atoms with E-state index in [-0.39, 0.29) is 5.91 Å². The Labute approximate surface area is 112 Å². The lowest BCUT2D eigenvalue weighted by Gasteiger charge is -2.31. The maximum absolute atomic E-state index is 12.0. The quantitative estimate of drug-likeness (QED) is 0.783. The first kappa shape index (κ1) is 13.3. The highest BCUT2D eigenvalue weighted by Gasteiger charge is 2.22. The van der Waals surface area contributed by atoms with Crippen LogP contribution in [0, 0.1) is 5.92 Å². The highest BCUT2D eigenvalue weighted by Crippen LogP contribution is 2.17. The normalized spacial score (nSPS) is 20.5. The largest absolute Gasteiger partial charge is 0.384 e. The maximum Gasteiger partial charge on any atom is 0.246 e. The van der Waals surface area contributed by atoms with Gasteiger partial charge in [0.1, 0.15) is 0 Å². The Morgan fingerprint density at radius 1 is 1.67 bits per heavy atom. The zero-order valence-electron chi connectivity index (χ0n) is 10.7. The SMILES string of the molecule is COCC1CCCN(C(=O)/C=C/c2cccs2)C1. The van der Waals surface area contributed by atoms with Crippen molar-refractivity contribution in [2.75, 3.05) is 26.8 Å². The molecular formula is C14H19NO2S. The Hall–Kier alpha value is -1.13. The molecule has 0 radical (unpaired) electrons. The molecule has 1 aromatic heterocycles. The van der Waals surface area contributed by atoms with Gasteiger partial charge in [0.2, 0.25) is 5.91 Å². The third-order valence-electron chi connectivity index (χ3n) is 3.17. The summed E-state index contributed by atoms with van der Waals surface area (Å²) in [5.41, 5.74) is 0. The van der Waals surface area contributed by atoms with Gasteiger partial charge in [-0.25, -0.2) is 0 Å². The Balaban J connectivity index is 1.88. The summed E-state index contributed by atoms with van der Waals surface area (Å²) in [6.07, 6.45) is 5.81. The Bertz CT molecular complexity index is 398. The summed E-state index contributed by atoms with van der Waals surface area (Å²) in [6.45, 7) is 2.44. The van der Waals surface area contributed by atoms with E-state index in [4.69, 9.17) is 4.74 Å². The van der Waals surface area contributed by atoms with Gasteiger partial charge < -0.3 is 9.64 Å². The summed E-state index contributed by atoms with van der Waals surface area (Å²) in [5.74, 6) is 0.604. The predicted octanol–water partition coefficient (Wildman–Crippen LogP) is 2.65. The summed E-state index contributed by atoms with van der Waals surface area (Å²) < 4.78 is 5.17. The minimum absolute atomic E-state index is 0.115. The Morgan fingerprint density at radius 2 is 2.56 bits per heavy atom. The Kier molecular flexibility index (Phi) is 4.96. The van der Waals surface area contributed by atoms with Crippen molar-refractivity contribution in [3.8, 4) is 0 Å². The lowest BCUT2D eigenvalue weighted by atomic mass is 9.99. The zero-order chi connectivity index (χ0) is 12.8. The molecule has 0 aromatic carbocycles. The maximum atomic E-state index is 12.0. The van der Waals surface area contributed by atoms with Gasteiger partial charge in [-0.3, -0.25) is 4.79 Å². The molecule has 0 spiro atoms. The number of amides is 1. The van der Waals surface area contributed by atoms with E-state index in [1.165, 1.54) is 0 Å². The summed E-state index contributed by atoms with van der Waals surface area (Å²) in [5, 5.41) is 2.01. The fraction of sp³-hybridized carbons (Fsp3) is 0.500. The first-order chi connectivity index (χ1) is 8.79. The molecule has 1 fully saturated rings. The smallest absolute Gasteiger partial charge is 0.246 e. The lowest BCUT2D eigenvalue weighted by Crippen LogP contribution is -2.40. The second-order valence-electron chi connectivity index (χ2n) is 4.60. The molecule has 0 N–H and O–H groups in total. The van der Waals surface area contributed by atoms with Gasteiger partial charge in [-0.05, 0) is 36.3 Å². The van der Waals surface area contributed by atoms with Crippen molar-refractivity contribution in [1.29, 1.82) is 0 Å². The van der Waals surface area contributed by atoms with Crippen molar-refractivity contribution < 1.29 is 9.53 Å². The highest BCUT2D eigenvalue weighted by atomic mass is 32.1. The minimum atomic E-state index is 0.115. The molecule has 18 heavy (non-hydrogen) atoms. The second-order valence-corrected chi connectivity index (χ2v) is 5.58. The number of carbonyl (C=O) groups excluding carboxylic acids is 1. The summed E-state index contributed by atoms with van der Waals surface area (Å²) in [6, 6.07) is 4.00. The van der Waals surface area contributed by atoms with E-state index >= 15 is 0 Å². The van der Waals surface area contributed by atoms with Gasteiger partial charge in [-0.15, -0.1) is 11.3 Å². The van der Waals surface area contributed by atoms with E-state index < -0.39 is 0 Å². The van der Waals surface area contributed by atoms with Crippen molar-refractivity contribution >= 4 is 23.3 Å². The molecule has 1 unspecified atom stereocenters. The molecule has 98 valence electrons. The van der Waals surface area contributed by atoms with Crippen LogP contribution in [0.25, 0.3) is 6.08 Å². The average Bonchev–Trinajstić information content (AvgIpc) is 2.90. The molecule has 1 aliphatic rings. The summed E-state index contributed by atoms with van der Waals surface area (Å²) in [4.78, 5) is 15.1. The van der Waals surface area contributed by atoms with Crippen molar-refractivity contribution in [2.24, 2.45) is 5.92 Å². The van der Waals surface area contributed by atoms with E-state index in [9.17, 15) is 4.79 Å². The van der Waals surface area contributed by atoms with Crippen LogP contribution in [-0.4, -0.2) is 37.6 Å². The fourth-order valence-electron chi connectivity index (χ4n) is 2.28. The minimum Gasteiger partial charge on any atom is -0.384 e. The molecule has 1 saturated heterocycles. The zero-order valence-corrected chi connectivity index (χ0v) is 11.5. The number of hydrogen-bond acceptors (Lipinski definition) is 3. The number of carbonyl (C=O) groups is 1. The van der Waals surface area contributed by atoms with Crippen LogP contribution in [0.15, 0.2) is 23.6 Å². The molecule has 2 heterocycles. The van der Waals surface area contributed by atoms with Crippen molar-refractivity contribution in [1.82, 2.24) is 4.90 Å². The number of ether oxygens (including phenoxy) is 1. The molecule has 2 rings (SSSR count). The first-order valence-corrected chi connectivity index (χ1v) is 7.17. The number of hydrogen-bond donors (Lipinski definition) is 0. The number of nitrogens with zero attached hydrogens (tertiary/aromatic N) is 1. The van der Waals surface area contributed by atoms with Crippen molar-refractivity contribution in [3.63, 3.8) is 0 Å². The van der Waals surface area contributed by atoms with Gasteiger partial charge in [0.05, 0.1) is 6.61 Å². The van der Waals surface area contributed by atoms with Gasteiger partial charge in [-0.1, -0.05) is 6.07 Å². The molecule has 4 heteroatoms. The summed E-state index contributed by atoms with van der Waals surface area (Å²) >= 11 is 1.64. The third kappa shape index (κ3) is 3.68. The number of thiophene rings is 1. The number of likely N-dealkylation sites (tertiary alicyclic amines) is 1. The molecule has 0 bridgehead atoms.